The third kappa shape index (κ3) is 4.74. The zero-order valence-electron chi connectivity index (χ0n) is 18.1. The summed E-state index contributed by atoms with van der Waals surface area (Å²) in [5.74, 6) is 1.89. The van der Waals surface area contributed by atoms with Gasteiger partial charge >= 0.3 is 0 Å². The number of ketones is 1. The van der Waals surface area contributed by atoms with E-state index in [1.54, 1.807) is 18.0 Å². The highest BCUT2D eigenvalue weighted by molar-refractivity contribution is 7.99. The molecule has 0 aliphatic rings. The summed E-state index contributed by atoms with van der Waals surface area (Å²) in [6.45, 7) is 2.08. The van der Waals surface area contributed by atoms with Crippen molar-refractivity contribution in [2.24, 2.45) is 0 Å². The minimum Gasteiger partial charge on any atom is -0.360 e. The highest BCUT2D eigenvalue weighted by atomic mass is 32.2. The van der Waals surface area contributed by atoms with Gasteiger partial charge in [-0.2, -0.15) is 0 Å². The molecule has 0 bridgehead atoms. The number of rotatable bonds is 8. The van der Waals surface area contributed by atoms with Crippen molar-refractivity contribution in [3.63, 3.8) is 0 Å². The summed E-state index contributed by atoms with van der Waals surface area (Å²) >= 11 is 3.14. The molecule has 2 heterocycles. The van der Waals surface area contributed by atoms with Crippen LogP contribution in [0.1, 0.15) is 21.7 Å². The Bertz CT molecular complexity index is 1390. The number of para-hydroxylation sites is 2. The number of carbonyl (C=O) groups excluding carboxylic acids is 1. The highest BCUT2D eigenvalue weighted by Crippen LogP contribution is 2.28. The number of aromatic amines is 1. The van der Waals surface area contributed by atoms with Gasteiger partial charge in [0.25, 0.3) is 0 Å². The Kier molecular flexibility index (Phi) is 6.32. The van der Waals surface area contributed by atoms with E-state index in [4.69, 9.17) is 0 Å². The van der Waals surface area contributed by atoms with Crippen LogP contribution < -0.4 is 0 Å². The van der Waals surface area contributed by atoms with Crippen LogP contribution in [0.2, 0.25) is 0 Å². The number of hydrogen-bond acceptors (Lipinski definition) is 5. The van der Waals surface area contributed by atoms with Crippen LogP contribution in [-0.2, 0) is 5.75 Å². The van der Waals surface area contributed by atoms with E-state index in [0.717, 1.165) is 22.4 Å². The van der Waals surface area contributed by atoms with E-state index < -0.39 is 0 Å². The monoisotopic (exact) mass is 470 g/mol. The van der Waals surface area contributed by atoms with Crippen LogP contribution >= 0.6 is 23.5 Å². The summed E-state index contributed by atoms with van der Waals surface area (Å²) in [7, 11) is 0. The van der Waals surface area contributed by atoms with Crippen molar-refractivity contribution in [2.75, 3.05) is 5.75 Å². The summed E-state index contributed by atoms with van der Waals surface area (Å²) in [4.78, 5) is 17.3. The fraction of sp³-hybridized carbons (Fsp3) is 0.115. The van der Waals surface area contributed by atoms with Gasteiger partial charge in [-0.3, -0.25) is 9.36 Å². The summed E-state index contributed by atoms with van der Waals surface area (Å²) in [6, 6.07) is 26.4. The number of nitrogens with zero attached hydrogens (tertiary/aromatic N) is 3. The number of aryl methyl sites for hydroxylation is 1. The Morgan fingerprint density at radius 3 is 2.48 bits per heavy atom. The average Bonchev–Trinajstić information content (AvgIpc) is 3.47. The van der Waals surface area contributed by atoms with Crippen LogP contribution in [-0.4, -0.2) is 31.3 Å². The third-order valence-electron chi connectivity index (χ3n) is 5.33. The molecule has 0 atom stereocenters. The maximum Gasteiger partial charge on any atom is 0.196 e. The first kappa shape index (κ1) is 21.6. The number of hydrogen-bond donors (Lipinski definition) is 1. The SMILES string of the molecule is Cc1ccc(SCc2nnc(SCC(=O)c3c[nH]c4ccccc34)n2-c2ccccc2)cc1. The van der Waals surface area contributed by atoms with Gasteiger partial charge in [0, 0.05) is 33.2 Å². The number of aromatic nitrogens is 4. The number of fused-ring (bicyclic) bond motifs is 1. The van der Waals surface area contributed by atoms with Gasteiger partial charge in [0.2, 0.25) is 0 Å². The van der Waals surface area contributed by atoms with Gasteiger partial charge in [-0.25, -0.2) is 0 Å². The predicted molar refractivity (Wildman–Crippen MR) is 135 cm³/mol. The van der Waals surface area contributed by atoms with Gasteiger partial charge in [0.15, 0.2) is 10.9 Å². The first-order valence-electron chi connectivity index (χ1n) is 10.6. The molecule has 0 aliphatic carbocycles. The molecular formula is C26H22N4OS2. The minimum absolute atomic E-state index is 0.0654. The third-order valence-corrected chi connectivity index (χ3v) is 7.26. The van der Waals surface area contributed by atoms with Gasteiger partial charge in [-0.1, -0.05) is 65.9 Å². The summed E-state index contributed by atoms with van der Waals surface area (Å²) in [5, 5.41) is 10.6. The molecule has 2 aromatic heterocycles. The topological polar surface area (TPSA) is 63.6 Å². The highest BCUT2D eigenvalue weighted by Gasteiger charge is 2.18. The molecule has 1 N–H and O–H groups in total. The molecule has 3 aromatic carbocycles. The molecule has 7 heteroatoms. The molecular weight excluding hydrogens is 448 g/mol. The Morgan fingerprint density at radius 2 is 1.67 bits per heavy atom. The van der Waals surface area contributed by atoms with Crippen molar-refractivity contribution in [3.05, 3.63) is 102 Å². The predicted octanol–water partition coefficient (Wildman–Crippen LogP) is 6.32. The lowest BCUT2D eigenvalue weighted by atomic mass is 10.1. The number of thioether (sulfide) groups is 2. The molecule has 0 fully saturated rings. The molecule has 33 heavy (non-hydrogen) atoms. The molecule has 164 valence electrons. The van der Waals surface area contributed by atoms with Gasteiger partial charge in [0.05, 0.1) is 11.5 Å². The Hall–Kier alpha value is -3.29. The van der Waals surface area contributed by atoms with Crippen molar-refractivity contribution < 1.29 is 4.79 Å². The molecule has 5 nitrogen and oxygen atoms in total. The van der Waals surface area contributed by atoms with Crippen molar-refractivity contribution >= 4 is 40.2 Å². The van der Waals surface area contributed by atoms with Crippen LogP contribution in [0.25, 0.3) is 16.6 Å². The lowest BCUT2D eigenvalue weighted by Gasteiger charge is -2.10. The lowest BCUT2D eigenvalue weighted by molar-refractivity contribution is 0.102. The van der Waals surface area contributed by atoms with Gasteiger partial charge in [-0.05, 0) is 37.3 Å². The second-order valence-corrected chi connectivity index (χ2v) is 9.62. The average molecular weight is 471 g/mol. The number of nitrogens with one attached hydrogen (secondary N) is 1. The van der Waals surface area contributed by atoms with Crippen molar-refractivity contribution in [1.29, 1.82) is 0 Å². The second-order valence-electron chi connectivity index (χ2n) is 7.63. The molecule has 5 rings (SSSR count). The Morgan fingerprint density at radius 1 is 0.909 bits per heavy atom. The Balaban J connectivity index is 1.37. The van der Waals surface area contributed by atoms with Gasteiger partial charge < -0.3 is 4.98 Å². The van der Waals surface area contributed by atoms with Crippen molar-refractivity contribution in [1.82, 2.24) is 19.7 Å². The zero-order valence-corrected chi connectivity index (χ0v) is 19.7. The maximum absolute atomic E-state index is 13.0. The van der Waals surface area contributed by atoms with Crippen LogP contribution in [0.15, 0.2) is 95.1 Å². The molecule has 0 radical (unpaired) electrons. The molecule has 0 unspecified atom stereocenters. The standard InChI is InChI=1S/C26H22N4OS2/c1-18-11-13-20(14-12-18)32-17-25-28-29-26(30(25)19-7-3-2-4-8-19)33-16-24(31)22-15-27-23-10-6-5-9-21(22)23/h2-15,27H,16-17H2,1H3. The molecule has 0 aliphatic heterocycles. The normalized spacial score (nSPS) is 11.2. The van der Waals surface area contributed by atoms with E-state index in [1.807, 2.05) is 59.2 Å². The first-order valence-corrected chi connectivity index (χ1v) is 12.6. The maximum atomic E-state index is 13.0. The lowest BCUT2D eigenvalue weighted by Crippen LogP contribution is -2.05. The molecule has 5 aromatic rings. The van der Waals surface area contributed by atoms with Gasteiger partial charge in [0.1, 0.15) is 5.82 Å². The fourth-order valence-corrected chi connectivity index (χ4v) is 5.28. The fourth-order valence-electron chi connectivity index (χ4n) is 3.62. The summed E-state index contributed by atoms with van der Waals surface area (Å²) in [5.41, 5.74) is 3.90. The smallest absolute Gasteiger partial charge is 0.196 e. The zero-order chi connectivity index (χ0) is 22.6. The second kappa shape index (κ2) is 9.68. The van der Waals surface area contributed by atoms with E-state index in [-0.39, 0.29) is 11.5 Å². The van der Waals surface area contributed by atoms with Crippen LogP contribution in [0.4, 0.5) is 0 Å². The summed E-state index contributed by atoms with van der Waals surface area (Å²) < 4.78 is 2.05. The van der Waals surface area contributed by atoms with E-state index in [1.165, 1.54) is 22.2 Å². The minimum atomic E-state index is 0.0654. The van der Waals surface area contributed by atoms with E-state index in [2.05, 4.69) is 46.4 Å². The molecule has 0 saturated carbocycles. The van der Waals surface area contributed by atoms with Crippen LogP contribution in [0.5, 0.6) is 0 Å². The van der Waals surface area contributed by atoms with Crippen LogP contribution in [0, 0.1) is 6.92 Å². The Labute approximate surface area is 200 Å². The number of H-pyrrole nitrogens is 1. The number of Topliss-reactive ketones (excluding diaryl/α,β-unsaturated/α-hetero) is 1. The van der Waals surface area contributed by atoms with Gasteiger partial charge in [-0.15, -0.1) is 22.0 Å². The molecule has 0 amide bonds. The van der Waals surface area contributed by atoms with Crippen molar-refractivity contribution in [2.45, 2.75) is 22.7 Å². The first-order chi connectivity index (χ1) is 16.2. The number of carbonyl (C=O) groups is 1. The van der Waals surface area contributed by atoms with Crippen molar-refractivity contribution in [3.8, 4) is 5.69 Å². The molecule has 0 saturated heterocycles. The summed E-state index contributed by atoms with van der Waals surface area (Å²) in [6.07, 6.45) is 1.79. The largest absolute Gasteiger partial charge is 0.360 e. The molecule has 0 spiro atoms. The quantitative estimate of drug-likeness (QED) is 0.212. The van der Waals surface area contributed by atoms with Crippen LogP contribution in [0.3, 0.4) is 0 Å². The van der Waals surface area contributed by atoms with E-state index >= 15 is 0 Å². The van der Waals surface area contributed by atoms with E-state index in [0.29, 0.717) is 16.5 Å². The number of benzene rings is 3. The van der Waals surface area contributed by atoms with E-state index in [9.17, 15) is 4.79 Å².